The van der Waals surface area contributed by atoms with E-state index >= 15 is 0 Å². The van der Waals surface area contributed by atoms with Gasteiger partial charge >= 0.3 is 0 Å². The van der Waals surface area contributed by atoms with Crippen molar-refractivity contribution < 1.29 is 0 Å². The number of rotatable bonds is 5. The van der Waals surface area contributed by atoms with Gasteiger partial charge in [-0.05, 0) is 37.1 Å². The zero-order valence-electron chi connectivity index (χ0n) is 19.0. The van der Waals surface area contributed by atoms with Gasteiger partial charge in [-0.25, -0.2) is 9.97 Å². The van der Waals surface area contributed by atoms with Gasteiger partial charge < -0.3 is 9.47 Å². The van der Waals surface area contributed by atoms with Gasteiger partial charge in [0, 0.05) is 62.5 Å². The Kier molecular flexibility index (Phi) is 6.20. The van der Waals surface area contributed by atoms with Crippen LogP contribution in [-0.4, -0.2) is 57.6 Å². The van der Waals surface area contributed by atoms with E-state index in [9.17, 15) is 5.26 Å². The minimum absolute atomic E-state index is 0.257. The first-order valence-electron chi connectivity index (χ1n) is 12.0. The Morgan fingerprint density at radius 1 is 1.00 bits per heavy atom. The van der Waals surface area contributed by atoms with Crippen LogP contribution in [0.25, 0.3) is 11.0 Å². The molecule has 2 aromatic heterocycles. The fraction of sp³-hybridized carbons (Fsp3) is 0.500. The van der Waals surface area contributed by atoms with Crippen molar-refractivity contribution in [3.63, 3.8) is 0 Å². The molecule has 3 heterocycles. The maximum absolute atomic E-state index is 9.31. The molecule has 2 aliphatic rings. The minimum Gasteiger partial charge on any atom is -0.326 e. The number of nitrogens with zero attached hydrogens (tertiary/aromatic N) is 6. The van der Waals surface area contributed by atoms with E-state index in [2.05, 4.69) is 67.8 Å². The maximum atomic E-state index is 9.31. The molecule has 1 aromatic carbocycles. The van der Waals surface area contributed by atoms with Gasteiger partial charge in [-0.15, -0.1) is 0 Å². The molecule has 0 radical (unpaired) electrons. The van der Waals surface area contributed by atoms with Crippen molar-refractivity contribution in [3.05, 3.63) is 59.2 Å². The average molecular weight is 429 g/mol. The highest BCUT2D eigenvalue weighted by Crippen LogP contribution is 2.33. The molecule has 3 aromatic rings. The second-order valence-electron chi connectivity index (χ2n) is 9.45. The first kappa shape index (κ1) is 21.1. The number of benzene rings is 1. The lowest BCUT2D eigenvalue weighted by Crippen LogP contribution is -2.43. The van der Waals surface area contributed by atoms with Crippen LogP contribution in [0.1, 0.15) is 60.8 Å². The normalized spacial score (nSPS) is 18.8. The lowest BCUT2D eigenvalue weighted by molar-refractivity contribution is 0.148. The summed E-state index contributed by atoms with van der Waals surface area (Å²) in [5, 5.41) is 10.3. The predicted octanol–water partition coefficient (Wildman–Crippen LogP) is 4.15. The molecule has 6 heteroatoms. The molecule has 0 N–H and O–H groups in total. The summed E-state index contributed by atoms with van der Waals surface area (Å²) in [5.74, 6) is 0.257. The van der Waals surface area contributed by atoms with Crippen LogP contribution in [0.15, 0.2) is 36.5 Å². The van der Waals surface area contributed by atoms with Gasteiger partial charge in [0.25, 0.3) is 0 Å². The van der Waals surface area contributed by atoms with Crippen LogP contribution >= 0.6 is 0 Å². The van der Waals surface area contributed by atoms with Gasteiger partial charge in [0.15, 0.2) is 0 Å². The molecule has 0 amide bonds. The largest absolute Gasteiger partial charge is 0.326 e. The Morgan fingerprint density at radius 2 is 1.72 bits per heavy atom. The molecule has 0 spiro atoms. The van der Waals surface area contributed by atoms with Crippen molar-refractivity contribution in [2.45, 2.75) is 51.1 Å². The van der Waals surface area contributed by atoms with Crippen LogP contribution in [0, 0.1) is 11.3 Å². The molecule has 0 atom stereocenters. The minimum atomic E-state index is 0.257. The number of piperazine rings is 1. The molecule has 32 heavy (non-hydrogen) atoms. The lowest BCUT2D eigenvalue weighted by Gasteiger charge is -2.32. The monoisotopic (exact) mass is 428 g/mol. The second-order valence-corrected chi connectivity index (χ2v) is 9.45. The van der Waals surface area contributed by atoms with E-state index in [0.717, 1.165) is 50.2 Å². The van der Waals surface area contributed by atoms with Gasteiger partial charge in [-0.3, -0.25) is 4.90 Å². The van der Waals surface area contributed by atoms with Crippen LogP contribution in [0.2, 0.25) is 0 Å². The summed E-state index contributed by atoms with van der Waals surface area (Å²) in [5.41, 5.74) is 4.91. The average Bonchev–Trinajstić information content (AvgIpc) is 3.19. The topological polar surface area (TPSA) is 61.0 Å². The number of likely N-dealkylation sites (N-methyl/N-ethyl adjacent to an activating group) is 1. The SMILES string of the molecule is CN1CCN(Cc2ccc(Cc3cc4cnc(C#N)nc4n3C3CCCCC3)cc2)CC1. The van der Waals surface area contributed by atoms with Gasteiger partial charge in [-0.1, -0.05) is 43.5 Å². The third-order valence-corrected chi connectivity index (χ3v) is 7.11. The maximum Gasteiger partial charge on any atom is 0.234 e. The molecule has 5 rings (SSSR count). The number of nitriles is 1. The summed E-state index contributed by atoms with van der Waals surface area (Å²) in [7, 11) is 2.20. The fourth-order valence-electron chi connectivity index (χ4n) is 5.23. The first-order chi connectivity index (χ1) is 15.7. The van der Waals surface area contributed by atoms with Crippen LogP contribution in [0.4, 0.5) is 0 Å². The molecule has 2 fully saturated rings. The number of fused-ring (bicyclic) bond motifs is 1. The van der Waals surface area contributed by atoms with E-state index < -0.39 is 0 Å². The van der Waals surface area contributed by atoms with Crippen molar-refractivity contribution in [1.29, 1.82) is 5.26 Å². The Balaban J connectivity index is 1.38. The molecule has 0 bridgehead atoms. The lowest BCUT2D eigenvalue weighted by atomic mass is 9.95. The molecule has 166 valence electrons. The number of hydrogen-bond acceptors (Lipinski definition) is 5. The molecule has 0 unspecified atom stereocenters. The molecular weight excluding hydrogens is 396 g/mol. The molecule has 1 saturated heterocycles. The second kappa shape index (κ2) is 9.40. The Bertz CT molecular complexity index is 1100. The van der Waals surface area contributed by atoms with Crippen molar-refractivity contribution in [2.24, 2.45) is 0 Å². The van der Waals surface area contributed by atoms with E-state index in [1.54, 1.807) is 0 Å². The molecule has 1 saturated carbocycles. The first-order valence-corrected chi connectivity index (χ1v) is 12.0. The third kappa shape index (κ3) is 4.55. The van der Waals surface area contributed by atoms with Crippen molar-refractivity contribution >= 4 is 11.0 Å². The number of hydrogen-bond donors (Lipinski definition) is 0. The van der Waals surface area contributed by atoms with Gasteiger partial charge in [0.1, 0.15) is 11.7 Å². The quantitative estimate of drug-likeness (QED) is 0.611. The molecule has 1 aliphatic carbocycles. The van der Waals surface area contributed by atoms with E-state index in [-0.39, 0.29) is 5.82 Å². The van der Waals surface area contributed by atoms with Crippen LogP contribution in [0.3, 0.4) is 0 Å². The fourth-order valence-corrected chi connectivity index (χ4v) is 5.23. The van der Waals surface area contributed by atoms with E-state index in [0.29, 0.717) is 6.04 Å². The van der Waals surface area contributed by atoms with Crippen LogP contribution in [-0.2, 0) is 13.0 Å². The molecule has 6 nitrogen and oxygen atoms in total. The van der Waals surface area contributed by atoms with Crippen LogP contribution in [0.5, 0.6) is 0 Å². The van der Waals surface area contributed by atoms with Crippen molar-refractivity contribution in [2.75, 3.05) is 33.2 Å². The van der Waals surface area contributed by atoms with E-state index in [1.807, 2.05) is 6.20 Å². The highest BCUT2D eigenvalue weighted by atomic mass is 15.2. The Morgan fingerprint density at radius 3 is 2.44 bits per heavy atom. The summed E-state index contributed by atoms with van der Waals surface area (Å²) in [6, 6.07) is 13.9. The molecule has 1 aliphatic heterocycles. The zero-order chi connectivity index (χ0) is 21.9. The number of aromatic nitrogens is 3. The third-order valence-electron chi connectivity index (χ3n) is 7.11. The van der Waals surface area contributed by atoms with Crippen molar-refractivity contribution in [3.8, 4) is 6.07 Å². The predicted molar refractivity (Wildman–Crippen MR) is 126 cm³/mol. The Hall–Kier alpha value is -2.75. The highest BCUT2D eigenvalue weighted by Gasteiger charge is 2.22. The highest BCUT2D eigenvalue weighted by molar-refractivity contribution is 5.77. The summed E-state index contributed by atoms with van der Waals surface area (Å²) in [6.07, 6.45) is 8.91. The molecular formula is C26H32N6. The smallest absolute Gasteiger partial charge is 0.234 e. The standard InChI is InChI=1S/C26H32N6/c1-30-11-13-31(14-12-30)19-21-9-7-20(8-10-21)15-24-16-22-18-28-25(17-27)29-26(22)32(24)23-5-3-2-4-6-23/h7-10,16,18,23H,2-6,11-15,19H2,1H3. The Labute approximate surface area is 190 Å². The van der Waals surface area contributed by atoms with Gasteiger partial charge in [0.05, 0.1) is 0 Å². The van der Waals surface area contributed by atoms with Gasteiger partial charge in [0.2, 0.25) is 5.82 Å². The summed E-state index contributed by atoms with van der Waals surface area (Å²) in [4.78, 5) is 13.7. The van der Waals surface area contributed by atoms with Crippen LogP contribution < -0.4 is 0 Å². The summed E-state index contributed by atoms with van der Waals surface area (Å²) in [6.45, 7) is 5.63. The van der Waals surface area contributed by atoms with Gasteiger partial charge in [-0.2, -0.15) is 5.26 Å². The zero-order valence-corrected chi connectivity index (χ0v) is 19.0. The van der Waals surface area contributed by atoms with Crippen molar-refractivity contribution in [1.82, 2.24) is 24.3 Å². The van der Waals surface area contributed by atoms with E-state index in [4.69, 9.17) is 0 Å². The summed E-state index contributed by atoms with van der Waals surface area (Å²) < 4.78 is 2.41. The summed E-state index contributed by atoms with van der Waals surface area (Å²) >= 11 is 0. The van der Waals surface area contributed by atoms with E-state index in [1.165, 1.54) is 48.9 Å².